The highest BCUT2D eigenvalue weighted by Crippen LogP contribution is 2.32. The Balaban J connectivity index is 1.44. The molecule has 2 aromatic carbocycles. The topological polar surface area (TPSA) is 147 Å². The van der Waals surface area contributed by atoms with E-state index in [-0.39, 0.29) is 40.2 Å². The molecule has 1 aliphatic rings. The minimum absolute atomic E-state index is 0.0330. The lowest BCUT2D eigenvalue weighted by Crippen LogP contribution is -2.40. The number of nitro groups is 1. The van der Waals surface area contributed by atoms with Crippen molar-refractivity contribution in [2.45, 2.75) is 25.6 Å². The van der Waals surface area contributed by atoms with E-state index in [9.17, 15) is 28.9 Å². The molecule has 4 rings (SSSR count). The van der Waals surface area contributed by atoms with Crippen molar-refractivity contribution in [1.29, 1.82) is 0 Å². The number of nitrogens with zero attached hydrogens (tertiary/aromatic N) is 4. The van der Waals surface area contributed by atoms with Crippen LogP contribution in [-0.2, 0) is 23.4 Å². The zero-order chi connectivity index (χ0) is 24.5. The molecule has 11 nitrogen and oxygen atoms in total. The number of nitro benzene ring substituents is 1. The SMILES string of the molecule is CC1(c2cccc([N+](=O)[O-])c2)NC(=O)N(Cc2nnc(C(=O)NCc3ccc(F)cc3)s2)C1=O. The lowest BCUT2D eigenvalue weighted by molar-refractivity contribution is -0.385. The summed E-state index contributed by atoms with van der Waals surface area (Å²) in [5.41, 5.74) is -0.747. The zero-order valence-electron chi connectivity index (χ0n) is 17.6. The van der Waals surface area contributed by atoms with Crippen LogP contribution in [0.1, 0.15) is 32.9 Å². The van der Waals surface area contributed by atoms with E-state index < -0.39 is 28.3 Å². The molecule has 3 aromatic rings. The van der Waals surface area contributed by atoms with Crippen LogP contribution in [0.25, 0.3) is 0 Å². The van der Waals surface area contributed by atoms with Gasteiger partial charge in [0.05, 0.1) is 11.5 Å². The number of non-ortho nitro benzene ring substituents is 1. The van der Waals surface area contributed by atoms with Crippen LogP contribution >= 0.6 is 11.3 Å². The van der Waals surface area contributed by atoms with E-state index in [0.29, 0.717) is 5.56 Å². The molecule has 1 aliphatic heterocycles. The van der Waals surface area contributed by atoms with E-state index in [1.807, 2.05) is 0 Å². The maximum absolute atomic E-state index is 13.1. The van der Waals surface area contributed by atoms with Crippen LogP contribution in [0.5, 0.6) is 0 Å². The summed E-state index contributed by atoms with van der Waals surface area (Å²) in [6.07, 6.45) is 0. The van der Waals surface area contributed by atoms with Crippen LogP contribution in [0.15, 0.2) is 48.5 Å². The fourth-order valence-corrected chi connectivity index (χ4v) is 4.12. The van der Waals surface area contributed by atoms with Crippen LogP contribution in [0.3, 0.4) is 0 Å². The predicted octanol–water partition coefficient (Wildman–Crippen LogP) is 2.48. The maximum Gasteiger partial charge on any atom is 0.325 e. The maximum atomic E-state index is 13.1. The van der Waals surface area contributed by atoms with Crippen molar-refractivity contribution in [3.05, 3.63) is 85.6 Å². The second-order valence-electron chi connectivity index (χ2n) is 7.56. The van der Waals surface area contributed by atoms with Crippen molar-refractivity contribution >= 4 is 34.9 Å². The molecule has 0 bridgehead atoms. The highest BCUT2D eigenvalue weighted by Gasteiger charge is 2.49. The molecule has 2 N–H and O–H groups in total. The Labute approximate surface area is 195 Å². The molecule has 0 saturated carbocycles. The number of hydrogen-bond acceptors (Lipinski definition) is 8. The molecule has 0 radical (unpaired) electrons. The van der Waals surface area contributed by atoms with Gasteiger partial charge in [0.2, 0.25) is 5.01 Å². The summed E-state index contributed by atoms with van der Waals surface area (Å²) >= 11 is 0.914. The average Bonchev–Trinajstić information content (AvgIpc) is 3.38. The van der Waals surface area contributed by atoms with Gasteiger partial charge in [0.15, 0.2) is 0 Å². The second-order valence-corrected chi connectivity index (χ2v) is 8.63. The Kier molecular flexibility index (Phi) is 6.03. The molecule has 1 fully saturated rings. The number of imide groups is 1. The van der Waals surface area contributed by atoms with E-state index >= 15 is 0 Å². The Morgan fingerprint density at radius 2 is 1.97 bits per heavy atom. The van der Waals surface area contributed by atoms with Gasteiger partial charge in [-0.15, -0.1) is 10.2 Å². The fourth-order valence-electron chi connectivity index (χ4n) is 3.37. The van der Waals surface area contributed by atoms with Gasteiger partial charge >= 0.3 is 6.03 Å². The third-order valence-electron chi connectivity index (χ3n) is 5.23. The van der Waals surface area contributed by atoms with E-state index in [4.69, 9.17) is 0 Å². The number of aromatic nitrogens is 2. The van der Waals surface area contributed by atoms with Gasteiger partial charge in [0.1, 0.15) is 16.4 Å². The van der Waals surface area contributed by atoms with Crippen molar-refractivity contribution in [2.75, 3.05) is 0 Å². The zero-order valence-corrected chi connectivity index (χ0v) is 18.5. The summed E-state index contributed by atoms with van der Waals surface area (Å²) in [5.74, 6) is -1.51. The van der Waals surface area contributed by atoms with Gasteiger partial charge in [0.25, 0.3) is 17.5 Å². The summed E-state index contributed by atoms with van der Waals surface area (Å²) in [4.78, 5) is 49.4. The third-order valence-corrected chi connectivity index (χ3v) is 6.14. The molecule has 13 heteroatoms. The highest BCUT2D eigenvalue weighted by atomic mass is 32.1. The van der Waals surface area contributed by atoms with Gasteiger partial charge in [-0.05, 0) is 30.2 Å². The largest absolute Gasteiger partial charge is 0.346 e. The fraction of sp³-hybridized carbons (Fsp3) is 0.190. The molecule has 1 unspecified atom stereocenters. The first-order chi connectivity index (χ1) is 16.2. The first-order valence-corrected chi connectivity index (χ1v) is 10.7. The lowest BCUT2D eigenvalue weighted by Gasteiger charge is -2.21. The number of rotatable bonds is 7. The minimum Gasteiger partial charge on any atom is -0.346 e. The van der Waals surface area contributed by atoms with Gasteiger partial charge in [-0.2, -0.15) is 0 Å². The summed E-state index contributed by atoms with van der Waals surface area (Å²) < 4.78 is 13.0. The minimum atomic E-state index is -1.50. The Bertz CT molecular complexity index is 1300. The van der Waals surface area contributed by atoms with Gasteiger partial charge < -0.3 is 10.6 Å². The van der Waals surface area contributed by atoms with Crippen LogP contribution < -0.4 is 10.6 Å². The normalized spacial score (nSPS) is 17.5. The number of nitrogens with one attached hydrogen (secondary N) is 2. The number of benzene rings is 2. The molecule has 34 heavy (non-hydrogen) atoms. The summed E-state index contributed by atoms with van der Waals surface area (Å²) in [7, 11) is 0. The lowest BCUT2D eigenvalue weighted by atomic mass is 9.91. The number of halogens is 1. The molecule has 1 atom stereocenters. The molecular weight excluding hydrogens is 467 g/mol. The molecular formula is C21H17FN6O5S. The molecule has 174 valence electrons. The van der Waals surface area contributed by atoms with Crippen molar-refractivity contribution < 1.29 is 23.7 Å². The Morgan fingerprint density at radius 1 is 1.24 bits per heavy atom. The first kappa shape index (κ1) is 22.9. The van der Waals surface area contributed by atoms with Crippen LogP contribution in [0, 0.1) is 15.9 Å². The average molecular weight is 484 g/mol. The number of hydrogen-bond donors (Lipinski definition) is 2. The number of carbonyl (C=O) groups is 3. The van der Waals surface area contributed by atoms with Crippen molar-refractivity contribution in [1.82, 2.24) is 25.7 Å². The number of urea groups is 1. The first-order valence-electron chi connectivity index (χ1n) is 9.91. The molecule has 1 aromatic heterocycles. The van der Waals surface area contributed by atoms with E-state index in [0.717, 1.165) is 16.2 Å². The summed E-state index contributed by atoms with van der Waals surface area (Å²) in [5, 5.41) is 24.3. The molecule has 1 saturated heterocycles. The smallest absolute Gasteiger partial charge is 0.325 e. The Morgan fingerprint density at radius 3 is 2.68 bits per heavy atom. The molecule has 0 aliphatic carbocycles. The highest BCUT2D eigenvalue weighted by molar-refractivity contribution is 7.13. The molecule has 4 amide bonds. The summed E-state index contributed by atoms with van der Waals surface area (Å²) in [6.45, 7) is 1.39. The van der Waals surface area contributed by atoms with Gasteiger partial charge in [-0.3, -0.25) is 24.6 Å². The van der Waals surface area contributed by atoms with Gasteiger partial charge in [-0.25, -0.2) is 9.18 Å². The van der Waals surface area contributed by atoms with Crippen LogP contribution in [0.2, 0.25) is 0 Å². The number of amides is 4. The second kappa shape index (κ2) is 8.94. The van der Waals surface area contributed by atoms with E-state index in [2.05, 4.69) is 20.8 Å². The monoisotopic (exact) mass is 484 g/mol. The van der Waals surface area contributed by atoms with E-state index in [1.165, 1.54) is 55.5 Å². The Hall–Kier alpha value is -4.26. The molecule has 2 heterocycles. The predicted molar refractivity (Wildman–Crippen MR) is 117 cm³/mol. The quantitative estimate of drug-likeness (QED) is 0.297. The van der Waals surface area contributed by atoms with Crippen molar-refractivity contribution in [3.63, 3.8) is 0 Å². The van der Waals surface area contributed by atoms with Crippen LogP contribution in [-0.4, -0.2) is 37.9 Å². The third kappa shape index (κ3) is 4.45. The summed E-state index contributed by atoms with van der Waals surface area (Å²) in [6, 6.07) is 10.4. The standard InChI is InChI=1S/C21H17FN6O5S/c1-21(13-3-2-4-15(9-13)28(32)33)19(30)27(20(31)24-21)11-16-25-26-18(34-16)17(29)23-10-12-5-7-14(22)8-6-12/h2-9H,10-11H2,1H3,(H,23,29)(H,24,31). The van der Waals surface area contributed by atoms with E-state index in [1.54, 1.807) is 0 Å². The van der Waals surface area contributed by atoms with Gasteiger partial charge in [0, 0.05) is 18.7 Å². The van der Waals surface area contributed by atoms with Crippen molar-refractivity contribution in [2.24, 2.45) is 0 Å². The van der Waals surface area contributed by atoms with Gasteiger partial charge in [-0.1, -0.05) is 35.6 Å². The molecule has 0 spiro atoms. The number of carbonyl (C=O) groups excluding carboxylic acids is 3. The van der Waals surface area contributed by atoms with Crippen LogP contribution in [0.4, 0.5) is 14.9 Å². The van der Waals surface area contributed by atoms with Crippen molar-refractivity contribution in [3.8, 4) is 0 Å².